The van der Waals surface area contributed by atoms with Gasteiger partial charge >= 0.3 is 5.97 Å². The zero-order valence-corrected chi connectivity index (χ0v) is 11.2. The Morgan fingerprint density at radius 1 is 1.40 bits per heavy atom. The van der Waals surface area contributed by atoms with Crippen LogP contribution < -0.4 is 5.32 Å². The van der Waals surface area contributed by atoms with Crippen LogP contribution >= 0.6 is 0 Å². The van der Waals surface area contributed by atoms with Crippen molar-refractivity contribution in [2.45, 2.75) is 32.4 Å². The van der Waals surface area contributed by atoms with E-state index in [4.69, 9.17) is 0 Å². The number of carboxylic acids is 1. The summed E-state index contributed by atoms with van der Waals surface area (Å²) in [5, 5.41) is 12.2. The van der Waals surface area contributed by atoms with Crippen LogP contribution in [0.2, 0.25) is 0 Å². The molecule has 0 aliphatic carbocycles. The maximum atomic E-state index is 11.2. The second-order valence-electron chi connectivity index (χ2n) is 4.41. The van der Waals surface area contributed by atoms with Crippen LogP contribution in [0, 0.1) is 0 Å². The SMILES string of the molecule is CCc1ncc(CN[C@@H](Cc2cnc[nH]2)C(=O)O)cn1. The lowest BCUT2D eigenvalue weighted by Crippen LogP contribution is -2.38. The molecule has 106 valence electrons. The lowest BCUT2D eigenvalue weighted by atomic mass is 10.1. The van der Waals surface area contributed by atoms with Crippen LogP contribution in [0.1, 0.15) is 24.0 Å². The molecule has 7 heteroatoms. The van der Waals surface area contributed by atoms with Crippen molar-refractivity contribution in [1.82, 2.24) is 25.3 Å². The normalized spacial score (nSPS) is 12.2. The first kappa shape index (κ1) is 14.1. The van der Waals surface area contributed by atoms with E-state index in [1.54, 1.807) is 18.6 Å². The lowest BCUT2D eigenvalue weighted by molar-refractivity contribution is -0.139. The summed E-state index contributed by atoms with van der Waals surface area (Å²) in [6.45, 7) is 2.40. The van der Waals surface area contributed by atoms with Crippen molar-refractivity contribution in [3.63, 3.8) is 0 Å². The van der Waals surface area contributed by atoms with E-state index in [2.05, 4.69) is 25.3 Å². The molecule has 0 fully saturated rings. The molecule has 0 spiro atoms. The highest BCUT2D eigenvalue weighted by Gasteiger charge is 2.18. The quantitative estimate of drug-likeness (QED) is 0.681. The van der Waals surface area contributed by atoms with E-state index in [1.807, 2.05) is 6.92 Å². The number of hydrogen-bond acceptors (Lipinski definition) is 5. The fourth-order valence-electron chi connectivity index (χ4n) is 1.76. The van der Waals surface area contributed by atoms with Gasteiger partial charge in [0.05, 0.1) is 6.33 Å². The van der Waals surface area contributed by atoms with Gasteiger partial charge in [-0.25, -0.2) is 15.0 Å². The zero-order chi connectivity index (χ0) is 14.4. The van der Waals surface area contributed by atoms with Gasteiger partial charge in [0, 0.05) is 49.2 Å². The molecule has 0 saturated heterocycles. The number of nitrogens with zero attached hydrogens (tertiary/aromatic N) is 3. The van der Waals surface area contributed by atoms with Crippen molar-refractivity contribution >= 4 is 5.97 Å². The number of aliphatic carboxylic acids is 1. The lowest BCUT2D eigenvalue weighted by Gasteiger charge is -2.13. The van der Waals surface area contributed by atoms with Crippen molar-refractivity contribution in [3.05, 3.63) is 42.0 Å². The molecular formula is C13H17N5O2. The molecule has 0 aromatic carbocycles. The van der Waals surface area contributed by atoms with Gasteiger partial charge < -0.3 is 10.1 Å². The molecule has 2 aromatic rings. The van der Waals surface area contributed by atoms with Crippen molar-refractivity contribution in [3.8, 4) is 0 Å². The van der Waals surface area contributed by atoms with E-state index < -0.39 is 12.0 Å². The molecule has 2 rings (SSSR count). The van der Waals surface area contributed by atoms with Crippen LogP contribution in [-0.2, 0) is 24.2 Å². The predicted molar refractivity (Wildman–Crippen MR) is 72.0 cm³/mol. The third kappa shape index (κ3) is 3.86. The van der Waals surface area contributed by atoms with Gasteiger partial charge in [-0.05, 0) is 0 Å². The minimum absolute atomic E-state index is 0.350. The van der Waals surface area contributed by atoms with E-state index in [1.165, 1.54) is 6.33 Å². The molecule has 0 aliphatic rings. The van der Waals surface area contributed by atoms with Crippen LogP contribution in [0.3, 0.4) is 0 Å². The Kier molecular flexibility index (Phi) is 4.78. The van der Waals surface area contributed by atoms with Gasteiger partial charge in [0.2, 0.25) is 0 Å². The summed E-state index contributed by atoms with van der Waals surface area (Å²) in [7, 11) is 0. The monoisotopic (exact) mass is 275 g/mol. The first-order valence-electron chi connectivity index (χ1n) is 6.42. The highest BCUT2D eigenvalue weighted by atomic mass is 16.4. The molecule has 0 saturated carbocycles. The van der Waals surface area contributed by atoms with Crippen molar-refractivity contribution < 1.29 is 9.90 Å². The van der Waals surface area contributed by atoms with Gasteiger partial charge in [0.15, 0.2) is 0 Å². The summed E-state index contributed by atoms with van der Waals surface area (Å²) < 4.78 is 0. The van der Waals surface area contributed by atoms with Gasteiger partial charge in [0.1, 0.15) is 11.9 Å². The van der Waals surface area contributed by atoms with Gasteiger partial charge in [-0.3, -0.25) is 10.1 Å². The van der Waals surface area contributed by atoms with Gasteiger partial charge in [0.25, 0.3) is 0 Å². The molecule has 0 radical (unpaired) electrons. The Morgan fingerprint density at radius 3 is 2.70 bits per heavy atom. The number of carboxylic acid groups (broad SMARTS) is 1. The summed E-state index contributed by atoms with van der Waals surface area (Å²) in [4.78, 5) is 26.4. The number of aromatic amines is 1. The number of aromatic nitrogens is 4. The summed E-state index contributed by atoms with van der Waals surface area (Å²) in [5.74, 6) is -0.119. The Morgan fingerprint density at radius 2 is 2.15 bits per heavy atom. The first-order chi connectivity index (χ1) is 9.69. The van der Waals surface area contributed by atoms with Crippen molar-refractivity contribution in [2.24, 2.45) is 0 Å². The van der Waals surface area contributed by atoms with E-state index in [-0.39, 0.29) is 0 Å². The Balaban J connectivity index is 1.92. The van der Waals surface area contributed by atoms with Gasteiger partial charge in [-0.2, -0.15) is 0 Å². The van der Waals surface area contributed by atoms with Crippen LogP contribution in [0.15, 0.2) is 24.9 Å². The predicted octanol–water partition coefficient (Wildman–Crippen LogP) is 0.548. The molecule has 0 unspecified atom stereocenters. The summed E-state index contributed by atoms with van der Waals surface area (Å²) in [6.07, 6.45) is 7.72. The smallest absolute Gasteiger partial charge is 0.321 e. The van der Waals surface area contributed by atoms with Crippen LogP contribution in [0.4, 0.5) is 0 Å². The Labute approximate surface area is 116 Å². The van der Waals surface area contributed by atoms with Crippen LogP contribution in [0.25, 0.3) is 0 Å². The molecule has 2 heterocycles. The molecule has 0 aliphatic heterocycles. The van der Waals surface area contributed by atoms with Crippen molar-refractivity contribution in [1.29, 1.82) is 0 Å². The third-order valence-electron chi connectivity index (χ3n) is 2.90. The fourth-order valence-corrected chi connectivity index (χ4v) is 1.76. The maximum absolute atomic E-state index is 11.2. The Bertz CT molecular complexity index is 538. The minimum Gasteiger partial charge on any atom is -0.480 e. The number of aryl methyl sites for hydroxylation is 1. The van der Waals surface area contributed by atoms with Gasteiger partial charge in [-0.1, -0.05) is 6.92 Å². The second-order valence-corrected chi connectivity index (χ2v) is 4.41. The summed E-state index contributed by atoms with van der Waals surface area (Å²) in [6, 6.07) is -0.679. The maximum Gasteiger partial charge on any atom is 0.321 e. The number of nitrogens with one attached hydrogen (secondary N) is 2. The largest absolute Gasteiger partial charge is 0.480 e. The zero-order valence-electron chi connectivity index (χ0n) is 11.2. The molecule has 20 heavy (non-hydrogen) atoms. The summed E-state index contributed by atoms with van der Waals surface area (Å²) >= 11 is 0. The van der Waals surface area contributed by atoms with Gasteiger partial charge in [-0.15, -0.1) is 0 Å². The van der Waals surface area contributed by atoms with E-state index in [0.29, 0.717) is 13.0 Å². The average molecular weight is 275 g/mol. The Hall–Kier alpha value is -2.28. The molecule has 0 amide bonds. The van der Waals surface area contributed by atoms with Crippen molar-refractivity contribution in [2.75, 3.05) is 0 Å². The van der Waals surface area contributed by atoms with E-state index in [0.717, 1.165) is 23.5 Å². The molecule has 1 atom stereocenters. The van der Waals surface area contributed by atoms with E-state index in [9.17, 15) is 9.90 Å². The van der Waals surface area contributed by atoms with Crippen LogP contribution in [-0.4, -0.2) is 37.1 Å². The highest BCUT2D eigenvalue weighted by Crippen LogP contribution is 2.02. The minimum atomic E-state index is -0.898. The number of H-pyrrole nitrogens is 1. The second kappa shape index (κ2) is 6.76. The topological polar surface area (TPSA) is 104 Å². The standard InChI is InChI=1S/C13H17N5O2/c1-2-12-16-5-9(6-17-12)4-15-11(13(19)20)3-10-7-14-8-18-10/h5-8,11,15H,2-4H2,1H3,(H,14,18)(H,19,20)/t11-/m0/s1. The third-order valence-corrected chi connectivity index (χ3v) is 2.90. The number of imidazole rings is 1. The molecule has 0 bridgehead atoms. The van der Waals surface area contributed by atoms with E-state index >= 15 is 0 Å². The fraction of sp³-hybridized carbons (Fsp3) is 0.385. The first-order valence-corrected chi connectivity index (χ1v) is 6.42. The molecule has 2 aromatic heterocycles. The number of rotatable bonds is 7. The highest BCUT2D eigenvalue weighted by molar-refractivity contribution is 5.73. The summed E-state index contributed by atoms with van der Waals surface area (Å²) in [5.41, 5.74) is 1.64. The average Bonchev–Trinajstić information content (AvgIpc) is 2.96. The van der Waals surface area contributed by atoms with Crippen LogP contribution in [0.5, 0.6) is 0 Å². The molecule has 3 N–H and O–H groups in total. The number of carbonyl (C=O) groups is 1. The number of hydrogen-bond donors (Lipinski definition) is 3. The molecule has 7 nitrogen and oxygen atoms in total. The molecular weight excluding hydrogens is 258 g/mol.